The van der Waals surface area contributed by atoms with E-state index in [2.05, 4.69) is 0 Å². The molecule has 2 aromatic rings. The summed E-state index contributed by atoms with van der Waals surface area (Å²) in [6.07, 6.45) is 0.835. The average Bonchev–Trinajstić information content (AvgIpc) is 2.42. The molecule has 0 aliphatic carbocycles. The Balaban J connectivity index is 2.46. The van der Waals surface area contributed by atoms with Crippen molar-refractivity contribution in [1.29, 1.82) is 0 Å². The third-order valence-electron chi connectivity index (χ3n) is 2.59. The molecule has 1 N–H and O–H groups in total. The van der Waals surface area contributed by atoms with Crippen molar-refractivity contribution in [3.63, 3.8) is 0 Å². The van der Waals surface area contributed by atoms with E-state index in [1.54, 1.807) is 36.4 Å². The van der Waals surface area contributed by atoms with E-state index in [9.17, 15) is 9.59 Å². The molecule has 0 spiro atoms. The molecule has 0 atom stereocenters. The Bertz CT molecular complexity index is 590. The quantitative estimate of drug-likeness (QED) is 0.835. The summed E-state index contributed by atoms with van der Waals surface area (Å²) in [5.41, 5.74) is 0.599. The number of carbonyl (C=O) groups is 2. The van der Waals surface area contributed by atoms with Gasteiger partial charge in [0.1, 0.15) is 23.3 Å². The van der Waals surface area contributed by atoms with Crippen LogP contribution < -0.4 is 4.74 Å². The summed E-state index contributed by atoms with van der Waals surface area (Å²) in [6, 6.07) is 13.6. The zero-order valence-corrected chi connectivity index (χ0v) is 10.1. The first-order valence-corrected chi connectivity index (χ1v) is 5.74. The molecular formula is C15H12O4. The molecule has 0 heterocycles. The molecule has 0 aliphatic heterocycles. The van der Waals surface area contributed by atoms with Crippen molar-refractivity contribution >= 4 is 12.3 Å². The molecule has 0 amide bonds. The summed E-state index contributed by atoms with van der Waals surface area (Å²) in [5.74, 6) is -0.338. The van der Waals surface area contributed by atoms with Crippen molar-refractivity contribution in [1.82, 2.24) is 0 Å². The Morgan fingerprint density at radius 1 is 1.11 bits per heavy atom. The molecular weight excluding hydrogens is 244 g/mol. The van der Waals surface area contributed by atoms with Gasteiger partial charge >= 0.3 is 5.97 Å². The van der Waals surface area contributed by atoms with E-state index in [1.165, 1.54) is 6.07 Å². The van der Waals surface area contributed by atoms with Crippen LogP contribution in [0.5, 0.6) is 11.5 Å². The summed E-state index contributed by atoms with van der Waals surface area (Å²) in [4.78, 5) is 21.9. The number of hydrogen-bond acceptors (Lipinski definition) is 3. The van der Waals surface area contributed by atoms with Crippen molar-refractivity contribution in [2.24, 2.45) is 0 Å². The lowest BCUT2D eigenvalue weighted by atomic mass is 10.1. The van der Waals surface area contributed by atoms with Crippen LogP contribution in [0, 0.1) is 0 Å². The second-order valence-electron chi connectivity index (χ2n) is 3.88. The van der Waals surface area contributed by atoms with Crippen LogP contribution in [0.25, 0.3) is 0 Å². The number of carboxylic acid groups (broad SMARTS) is 1. The smallest absolute Gasteiger partial charge is 0.339 e. The van der Waals surface area contributed by atoms with Gasteiger partial charge in [0.25, 0.3) is 0 Å². The third-order valence-corrected chi connectivity index (χ3v) is 2.59. The topological polar surface area (TPSA) is 63.6 Å². The SMILES string of the molecule is O=CCc1cccc(C(=O)O)c1Oc1ccccc1. The number of aromatic carboxylic acids is 1. The van der Waals surface area contributed by atoms with Crippen molar-refractivity contribution < 1.29 is 19.4 Å². The van der Waals surface area contributed by atoms with E-state index >= 15 is 0 Å². The Kier molecular flexibility index (Phi) is 3.93. The van der Waals surface area contributed by atoms with Crippen molar-refractivity contribution in [3.8, 4) is 11.5 Å². The Morgan fingerprint density at radius 2 is 1.84 bits per heavy atom. The molecule has 0 aromatic heterocycles. The van der Waals surface area contributed by atoms with Gasteiger partial charge in [0, 0.05) is 12.0 Å². The summed E-state index contributed by atoms with van der Waals surface area (Å²) in [7, 11) is 0. The lowest BCUT2D eigenvalue weighted by molar-refractivity contribution is -0.107. The number of ether oxygens (including phenoxy) is 1. The zero-order chi connectivity index (χ0) is 13.7. The molecule has 0 saturated heterocycles. The van der Waals surface area contributed by atoms with Gasteiger partial charge in [-0.2, -0.15) is 0 Å². The van der Waals surface area contributed by atoms with Crippen LogP contribution in [-0.2, 0) is 11.2 Å². The van der Waals surface area contributed by atoms with Gasteiger partial charge in [0.05, 0.1) is 0 Å². The highest BCUT2D eigenvalue weighted by atomic mass is 16.5. The molecule has 0 radical (unpaired) electrons. The zero-order valence-electron chi connectivity index (χ0n) is 10.1. The Hall–Kier alpha value is -2.62. The molecule has 2 rings (SSSR count). The maximum absolute atomic E-state index is 11.2. The average molecular weight is 256 g/mol. The molecule has 2 aromatic carbocycles. The van der Waals surface area contributed by atoms with E-state index in [4.69, 9.17) is 9.84 Å². The second kappa shape index (κ2) is 5.82. The minimum atomic E-state index is -1.08. The minimum Gasteiger partial charge on any atom is -0.478 e. The highest BCUT2D eigenvalue weighted by Crippen LogP contribution is 2.29. The van der Waals surface area contributed by atoms with Crippen LogP contribution in [0.3, 0.4) is 0 Å². The van der Waals surface area contributed by atoms with Gasteiger partial charge in [-0.15, -0.1) is 0 Å². The van der Waals surface area contributed by atoms with Crippen LogP contribution in [0.2, 0.25) is 0 Å². The van der Waals surface area contributed by atoms with Gasteiger partial charge < -0.3 is 14.6 Å². The lowest BCUT2D eigenvalue weighted by Gasteiger charge is -2.12. The molecule has 0 saturated carbocycles. The minimum absolute atomic E-state index is 0.0446. The standard InChI is InChI=1S/C15H12O4/c16-10-9-11-5-4-8-13(15(17)18)14(11)19-12-6-2-1-3-7-12/h1-8,10H,9H2,(H,17,18). The Labute approximate surface area is 110 Å². The summed E-state index contributed by atoms with van der Waals surface area (Å²) in [5, 5.41) is 9.17. The van der Waals surface area contributed by atoms with Gasteiger partial charge in [0.2, 0.25) is 0 Å². The summed E-state index contributed by atoms with van der Waals surface area (Å²) >= 11 is 0. The molecule has 0 unspecified atom stereocenters. The number of hydrogen-bond donors (Lipinski definition) is 1. The summed E-state index contributed by atoms with van der Waals surface area (Å²) in [6.45, 7) is 0. The number of para-hydroxylation sites is 2. The first kappa shape index (κ1) is 12.8. The fourth-order valence-electron chi connectivity index (χ4n) is 1.73. The predicted molar refractivity (Wildman–Crippen MR) is 69.7 cm³/mol. The summed E-state index contributed by atoms with van der Waals surface area (Å²) < 4.78 is 5.61. The van der Waals surface area contributed by atoms with E-state index in [-0.39, 0.29) is 17.7 Å². The third kappa shape index (κ3) is 2.98. The fraction of sp³-hybridized carbons (Fsp3) is 0.0667. The number of carboxylic acids is 1. The highest BCUT2D eigenvalue weighted by molar-refractivity contribution is 5.91. The predicted octanol–water partition coefficient (Wildman–Crippen LogP) is 2.92. The largest absolute Gasteiger partial charge is 0.478 e. The van der Waals surface area contributed by atoms with E-state index in [1.807, 2.05) is 6.07 Å². The lowest BCUT2D eigenvalue weighted by Crippen LogP contribution is -2.03. The van der Waals surface area contributed by atoms with Crippen molar-refractivity contribution in [3.05, 3.63) is 59.7 Å². The maximum atomic E-state index is 11.2. The molecule has 0 aliphatic rings. The normalized spacial score (nSPS) is 9.89. The first-order valence-electron chi connectivity index (χ1n) is 5.74. The second-order valence-corrected chi connectivity index (χ2v) is 3.88. The first-order chi connectivity index (χ1) is 9.22. The number of benzene rings is 2. The van der Waals surface area contributed by atoms with Gasteiger partial charge in [-0.1, -0.05) is 30.3 Å². The van der Waals surface area contributed by atoms with Gasteiger partial charge in [-0.25, -0.2) is 4.79 Å². The molecule has 0 fully saturated rings. The van der Waals surface area contributed by atoms with E-state index in [0.717, 1.165) is 6.29 Å². The molecule has 4 nitrogen and oxygen atoms in total. The number of aldehydes is 1. The number of carbonyl (C=O) groups excluding carboxylic acids is 1. The fourth-order valence-corrected chi connectivity index (χ4v) is 1.73. The van der Waals surface area contributed by atoms with Gasteiger partial charge in [0.15, 0.2) is 0 Å². The monoisotopic (exact) mass is 256 g/mol. The molecule has 96 valence electrons. The van der Waals surface area contributed by atoms with Crippen molar-refractivity contribution in [2.45, 2.75) is 6.42 Å². The van der Waals surface area contributed by atoms with E-state index in [0.29, 0.717) is 11.3 Å². The molecule has 0 bridgehead atoms. The highest BCUT2D eigenvalue weighted by Gasteiger charge is 2.15. The van der Waals surface area contributed by atoms with Crippen molar-refractivity contribution in [2.75, 3.05) is 0 Å². The molecule has 4 heteroatoms. The van der Waals surface area contributed by atoms with Crippen LogP contribution >= 0.6 is 0 Å². The molecule has 19 heavy (non-hydrogen) atoms. The van der Waals surface area contributed by atoms with Crippen LogP contribution in [0.1, 0.15) is 15.9 Å². The van der Waals surface area contributed by atoms with Crippen LogP contribution in [0.15, 0.2) is 48.5 Å². The number of rotatable bonds is 5. The van der Waals surface area contributed by atoms with Crippen LogP contribution in [0.4, 0.5) is 0 Å². The maximum Gasteiger partial charge on any atom is 0.339 e. The van der Waals surface area contributed by atoms with E-state index < -0.39 is 5.97 Å². The van der Waals surface area contributed by atoms with Gasteiger partial charge in [-0.3, -0.25) is 0 Å². The van der Waals surface area contributed by atoms with Crippen LogP contribution in [-0.4, -0.2) is 17.4 Å². The van der Waals surface area contributed by atoms with Gasteiger partial charge in [-0.05, 0) is 18.2 Å². The Morgan fingerprint density at radius 3 is 2.47 bits per heavy atom.